The summed E-state index contributed by atoms with van der Waals surface area (Å²) in [6.45, 7) is 2.09. The summed E-state index contributed by atoms with van der Waals surface area (Å²) in [6.07, 6.45) is 1.01. The smallest absolute Gasteiger partial charge is 0.158 e. The maximum absolute atomic E-state index is 11.8. The minimum Gasteiger partial charge on any atom is -0.297 e. The van der Waals surface area contributed by atoms with Gasteiger partial charge in [-0.1, -0.05) is 37.3 Å². The second-order valence-electron chi connectivity index (χ2n) is 4.00. The van der Waals surface area contributed by atoms with E-state index in [0.717, 1.165) is 12.0 Å². The number of Topliss-reactive ketones (excluding diaryl/α,β-unsaturated/α-hetero) is 1. The second kappa shape index (κ2) is 3.74. The molecule has 2 rings (SSSR count). The van der Waals surface area contributed by atoms with Crippen LogP contribution in [0.2, 0.25) is 0 Å². The average Bonchev–Trinajstić information content (AvgIpc) is 2.95. The molecule has 0 bridgehead atoms. The van der Waals surface area contributed by atoms with Gasteiger partial charge in [0.25, 0.3) is 0 Å². The van der Waals surface area contributed by atoms with Crippen molar-refractivity contribution >= 4 is 17.4 Å². The molecule has 1 nitrogen and oxygen atoms in total. The zero-order valence-corrected chi connectivity index (χ0v) is 8.87. The Morgan fingerprint density at radius 2 is 2.00 bits per heavy atom. The van der Waals surface area contributed by atoms with Crippen LogP contribution in [-0.2, 0) is 4.79 Å². The summed E-state index contributed by atoms with van der Waals surface area (Å²) in [5.74, 6) is 0.926. The molecule has 0 spiro atoms. The molecule has 1 fully saturated rings. The Bertz CT molecular complexity index is 333. The average molecular weight is 209 g/mol. The van der Waals surface area contributed by atoms with E-state index < -0.39 is 5.38 Å². The van der Waals surface area contributed by atoms with Crippen molar-refractivity contribution in [1.82, 2.24) is 0 Å². The van der Waals surface area contributed by atoms with Gasteiger partial charge in [-0.15, -0.1) is 11.6 Å². The Balaban J connectivity index is 2.09. The number of benzene rings is 1. The molecule has 74 valence electrons. The third-order valence-corrected chi connectivity index (χ3v) is 3.28. The van der Waals surface area contributed by atoms with Crippen LogP contribution in [0.3, 0.4) is 0 Å². The predicted molar refractivity (Wildman–Crippen MR) is 57.3 cm³/mol. The van der Waals surface area contributed by atoms with Crippen molar-refractivity contribution in [2.24, 2.45) is 11.8 Å². The van der Waals surface area contributed by atoms with E-state index in [1.807, 2.05) is 30.3 Å². The maximum Gasteiger partial charge on any atom is 0.158 e. The van der Waals surface area contributed by atoms with Crippen molar-refractivity contribution < 1.29 is 4.79 Å². The molecule has 0 N–H and O–H groups in total. The van der Waals surface area contributed by atoms with Crippen LogP contribution in [0.15, 0.2) is 30.3 Å². The Hall–Kier alpha value is -0.820. The Morgan fingerprint density at radius 3 is 2.50 bits per heavy atom. The number of carbonyl (C=O) groups excluding carboxylic acids is 1. The molecule has 3 unspecified atom stereocenters. The van der Waals surface area contributed by atoms with Crippen LogP contribution in [0, 0.1) is 11.8 Å². The number of rotatable bonds is 3. The van der Waals surface area contributed by atoms with E-state index in [1.54, 1.807) is 0 Å². The first kappa shape index (κ1) is 9.72. The number of halogens is 1. The van der Waals surface area contributed by atoms with Gasteiger partial charge in [0.15, 0.2) is 5.78 Å². The standard InChI is InChI=1S/C12H13ClO/c1-8-7-10(8)12(14)11(13)9-5-3-2-4-6-9/h2-6,8,10-11H,7H2,1H3. The van der Waals surface area contributed by atoms with E-state index in [4.69, 9.17) is 11.6 Å². The molecule has 1 aliphatic carbocycles. The normalized spacial score (nSPS) is 27.0. The van der Waals surface area contributed by atoms with Gasteiger partial charge in [0, 0.05) is 5.92 Å². The van der Waals surface area contributed by atoms with Gasteiger partial charge in [-0.25, -0.2) is 0 Å². The molecule has 3 atom stereocenters. The van der Waals surface area contributed by atoms with Gasteiger partial charge < -0.3 is 0 Å². The summed E-state index contributed by atoms with van der Waals surface area (Å²) in [5, 5.41) is -0.453. The predicted octanol–water partition coefficient (Wildman–Crippen LogP) is 3.19. The molecular formula is C12H13ClO. The fraction of sp³-hybridized carbons (Fsp3) is 0.417. The lowest BCUT2D eigenvalue weighted by Crippen LogP contribution is -2.09. The van der Waals surface area contributed by atoms with Crippen LogP contribution in [-0.4, -0.2) is 5.78 Å². The number of alkyl halides is 1. The van der Waals surface area contributed by atoms with Crippen LogP contribution in [0.5, 0.6) is 0 Å². The van der Waals surface area contributed by atoms with Crippen LogP contribution in [0.1, 0.15) is 24.3 Å². The summed E-state index contributed by atoms with van der Waals surface area (Å²) in [6, 6.07) is 9.56. The highest BCUT2D eigenvalue weighted by molar-refractivity contribution is 6.31. The minimum atomic E-state index is -0.453. The van der Waals surface area contributed by atoms with Gasteiger partial charge in [-0.3, -0.25) is 4.79 Å². The Labute approximate surface area is 89.1 Å². The van der Waals surface area contributed by atoms with Crippen LogP contribution in [0.4, 0.5) is 0 Å². The molecular weight excluding hydrogens is 196 g/mol. The van der Waals surface area contributed by atoms with Crippen LogP contribution in [0.25, 0.3) is 0 Å². The van der Waals surface area contributed by atoms with E-state index in [1.165, 1.54) is 0 Å². The van der Waals surface area contributed by atoms with E-state index in [9.17, 15) is 4.79 Å². The summed E-state index contributed by atoms with van der Waals surface area (Å²) in [5.41, 5.74) is 0.915. The van der Waals surface area contributed by atoms with Crippen molar-refractivity contribution in [1.29, 1.82) is 0 Å². The molecule has 1 aromatic rings. The summed E-state index contributed by atoms with van der Waals surface area (Å²) < 4.78 is 0. The van der Waals surface area contributed by atoms with Crippen molar-refractivity contribution in [3.63, 3.8) is 0 Å². The van der Waals surface area contributed by atoms with E-state index in [2.05, 4.69) is 6.92 Å². The van der Waals surface area contributed by atoms with Crippen molar-refractivity contribution in [3.05, 3.63) is 35.9 Å². The van der Waals surface area contributed by atoms with Crippen LogP contribution < -0.4 is 0 Å². The fourth-order valence-corrected chi connectivity index (χ4v) is 2.00. The molecule has 14 heavy (non-hydrogen) atoms. The van der Waals surface area contributed by atoms with E-state index in [0.29, 0.717) is 5.92 Å². The highest BCUT2D eigenvalue weighted by Gasteiger charge is 2.41. The van der Waals surface area contributed by atoms with Gasteiger partial charge >= 0.3 is 0 Å². The van der Waals surface area contributed by atoms with Gasteiger partial charge in [-0.2, -0.15) is 0 Å². The molecule has 1 aromatic carbocycles. The fourth-order valence-electron chi connectivity index (χ4n) is 1.69. The van der Waals surface area contributed by atoms with Gasteiger partial charge in [0.1, 0.15) is 5.38 Å². The van der Waals surface area contributed by atoms with Crippen molar-refractivity contribution in [3.8, 4) is 0 Å². The minimum absolute atomic E-state index is 0.186. The molecule has 1 aliphatic rings. The van der Waals surface area contributed by atoms with E-state index in [-0.39, 0.29) is 11.7 Å². The molecule has 0 aliphatic heterocycles. The lowest BCUT2D eigenvalue weighted by Gasteiger charge is -2.07. The van der Waals surface area contributed by atoms with Gasteiger partial charge in [-0.05, 0) is 17.9 Å². The quantitative estimate of drug-likeness (QED) is 0.698. The SMILES string of the molecule is CC1CC1C(=O)C(Cl)c1ccccc1. The highest BCUT2D eigenvalue weighted by atomic mass is 35.5. The Kier molecular flexibility index (Phi) is 2.60. The second-order valence-corrected chi connectivity index (χ2v) is 4.43. The summed E-state index contributed by atoms with van der Waals surface area (Å²) >= 11 is 6.11. The zero-order chi connectivity index (χ0) is 10.1. The van der Waals surface area contributed by atoms with Gasteiger partial charge in [0.2, 0.25) is 0 Å². The molecule has 0 saturated heterocycles. The Morgan fingerprint density at radius 1 is 1.43 bits per heavy atom. The monoisotopic (exact) mass is 208 g/mol. The van der Waals surface area contributed by atoms with E-state index >= 15 is 0 Å². The number of hydrogen-bond donors (Lipinski definition) is 0. The van der Waals surface area contributed by atoms with Crippen LogP contribution >= 0.6 is 11.6 Å². The van der Waals surface area contributed by atoms with Crippen molar-refractivity contribution in [2.45, 2.75) is 18.7 Å². The lowest BCUT2D eigenvalue weighted by molar-refractivity contribution is -0.120. The first-order chi connectivity index (χ1) is 6.70. The highest BCUT2D eigenvalue weighted by Crippen LogP contribution is 2.42. The summed E-state index contributed by atoms with van der Waals surface area (Å²) in [7, 11) is 0. The first-order valence-electron chi connectivity index (χ1n) is 4.93. The molecule has 1 saturated carbocycles. The zero-order valence-electron chi connectivity index (χ0n) is 8.11. The first-order valence-corrected chi connectivity index (χ1v) is 5.36. The lowest BCUT2D eigenvalue weighted by atomic mass is 10.1. The summed E-state index contributed by atoms with van der Waals surface area (Å²) in [4.78, 5) is 11.8. The molecule has 0 aromatic heterocycles. The number of carbonyl (C=O) groups is 1. The molecule has 0 amide bonds. The number of hydrogen-bond acceptors (Lipinski definition) is 1. The third-order valence-electron chi connectivity index (χ3n) is 2.82. The van der Waals surface area contributed by atoms with Crippen molar-refractivity contribution in [2.75, 3.05) is 0 Å². The van der Waals surface area contributed by atoms with Gasteiger partial charge in [0.05, 0.1) is 0 Å². The maximum atomic E-state index is 11.8. The third kappa shape index (κ3) is 1.83. The number of ketones is 1. The molecule has 0 heterocycles. The topological polar surface area (TPSA) is 17.1 Å². The molecule has 0 radical (unpaired) electrons. The largest absolute Gasteiger partial charge is 0.297 e. The molecule has 2 heteroatoms.